The van der Waals surface area contributed by atoms with Gasteiger partial charge in [0.2, 0.25) is 0 Å². The fraction of sp³-hybridized carbons (Fsp3) is 0.231. The van der Waals surface area contributed by atoms with Crippen LogP contribution < -0.4 is 9.80 Å². The van der Waals surface area contributed by atoms with E-state index in [0.717, 1.165) is 28.0 Å². The van der Waals surface area contributed by atoms with Gasteiger partial charge in [-0.1, -0.05) is 0 Å². The Morgan fingerprint density at radius 2 is 2.35 bits per heavy atom. The minimum Gasteiger partial charge on any atom is -0.336 e. The maximum atomic E-state index is 11.4. The van der Waals surface area contributed by atoms with Crippen molar-refractivity contribution in [3.8, 4) is 0 Å². The Bertz CT molecular complexity index is 636. The molecule has 0 aromatic carbocycles. The van der Waals surface area contributed by atoms with Crippen LogP contribution in [-0.4, -0.2) is 34.7 Å². The highest BCUT2D eigenvalue weighted by molar-refractivity contribution is 9.10. The molecule has 0 bridgehead atoms. The summed E-state index contributed by atoms with van der Waals surface area (Å²) in [7, 11) is 1.86. The van der Waals surface area contributed by atoms with Crippen LogP contribution in [0.1, 0.15) is 5.69 Å². The van der Waals surface area contributed by atoms with Crippen molar-refractivity contribution in [1.82, 2.24) is 15.2 Å². The van der Waals surface area contributed by atoms with Crippen LogP contribution in [0.3, 0.4) is 0 Å². The van der Waals surface area contributed by atoms with E-state index in [1.165, 1.54) is 0 Å². The first-order valence-corrected chi connectivity index (χ1v) is 6.87. The van der Waals surface area contributed by atoms with Gasteiger partial charge in [-0.15, -0.1) is 0 Å². The fourth-order valence-corrected chi connectivity index (χ4v) is 2.64. The highest BCUT2D eigenvalue weighted by Crippen LogP contribution is 2.38. The van der Waals surface area contributed by atoms with Crippen LogP contribution in [0, 0.1) is 0 Å². The Morgan fingerprint density at radius 1 is 1.50 bits per heavy atom. The Hall–Kier alpha value is -2.02. The molecular weight excluding hydrogens is 322 g/mol. The number of carbonyl (C=O) groups is 1. The van der Waals surface area contributed by atoms with Crippen molar-refractivity contribution in [3.63, 3.8) is 0 Å². The summed E-state index contributed by atoms with van der Waals surface area (Å²) >= 11 is 3.42. The molecule has 0 fully saturated rings. The van der Waals surface area contributed by atoms with E-state index in [0.29, 0.717) is 6.54 Å². The van der Waals surface area contributed by atoms with Gasteiger partial charge in [0.05, 0.1) is 17.9 Å². The van der Waals surface area contributed by atoms with E-state index in [2.05, 4.69) is 31.1 Å². The van der Waals surface area contributed by atoms with Crippen molar-refractivity contribution in [2.24, 2.45) is 0 Å². The van der Waals surface area contributed by atoms with Gasteiger partial charge in [-0.2, -0.15) is 10.2 Å². The number of pyridine rings is 1. The van der Waals surface area contributed by atoms with Crippen molar-refractivity contribution in [3.05, 3.63) is 40.8 Å². The Balaban J connectivity index is 2.00. The second-order valence-corrected chi connectivity index (χ2v) is 5.42. The number of hydrogen-bond donors (Lipinski definition) is 0. The van der Waals surface area contributed by atoms with Crippen molar-refractivity contribution in [2.75, 3.05) is 16.8 Å². The molecule has 0 amide bonds. The van der Waals surface area contributed by atoms with E-state index in [9.17, 15) is 4.79 Å². The van der Waals surface area contributed by atoms with E-state index in [1.807, 2.05) is 35.0 Å². The SMILES string of the molecule is CN1c2ncc(Br)cc2N(Cc2cccnn2)C1C=O. The summed E-state index contributed by atoms with van der Waals surface area (Å²) in [6, 6.07) is 5.68. The van der Waals surface area contributed by atoms with Gasteiger partial charge in [0, 0.05) is 23.9 Å². The zero-order valence-electron chi connectivity index (χ0n) is 10.8. The molecule has 0 spiro atoms. The number of carbonyl (C=O) groups excluding carboxylic acids is 1. The van der Waals surface area contributed by atoms with Gasteiger partial charge in [0.25, 0.3) is 0 Å². The number of nitrogens with zero attached hydrogens (tertiary/aromatic N) is 5. The average molecular weight is 334 g/mol. The van der Waals surface area contributed by atoms with Gasteiger partial charge in [0.1, 0.15) is 0 Å². The Kier molecular flexibility index (Phi) is 3.35. The predicted octanol–water partition coefficient (Wildman–Crippen LogP) is 1.62. The molecule has 1 unspecified atom stereocenters. The molecule has 3 rings (SSSR count). The lowest BCUT2D eigenvalue weighted by Crippen LogP contribution is -2.42. The summed E-state index contributed by atoms with van der Waals surface area (Å²) in [6.45, 7) is 0.507. The average Bonchev–Trinajstić information content (AvgIpc) is 2.72. The van der Waals surface area contributed by atoms with Crippen LogP contribution in [0.5, 0.6) is 0 Å². The maximum absolute atomic E-state index is 11.4. The van der Waals surface area contributed by atoms with Gasteiger partial charge in [-0.25, -0.2) is 4.98 Å². The third-order valence-electron chi connectivity index (χ3n) is 3.26. The number of hydrogen-bond acceptors (Lipinski definition) is 6. The number of anilines is 2. The molecule has 1 aliphatic rings. The highest BCUT2D eigenvalue weighted by atomic mass is 79.9. The summed E-state index contributed by atoms with van der Waals surface area (Å²) < 4.78 is 0.875. The largest absolute Gasteiger partial charge is 0.336 e. The molecule has 0 aliphatic carbocycles. The van der Waals surface area contributed by atoms with E-state index in [4.69, 9.17) is 0 Å². The first-order chi connectivity index (χ1) is 9.70. The molecule has 0 radical (unpaired) electrons. The topological polar surface area (TPSA) is 62.2 Å². The van der Waals surface area contributed by atoms with Crippen molar-refractivity contribution in [2.45, 2.75) is 12.7 Å². The maximum Gasteiger partial charge on any atom is 0.163 e. The Morgan fingerprint density at radius 3 is 3.05 bits per heavy atom. The van der Waals surface area contributed by atoms with Crippen LogP contribution in [0.2, 0.25) is 0 Å². The number of aldehydes is 1. The van der Waals surface area contributed by atoms with Crippen LogP contribution in [0.15, 0.2) is 35.1 Å². The van der Waals surface area contributed by atoms with Gasteiger partial charge in [-0.05, 0) is 34.1 Å². The lowest BCUT2D eigenvalue weighted by atomic mass is 10.3. The summed E-state index contributed by atoms with van der Waals surface area (Å²) in [4.78, 5) is 19.6. The van der Waals surface area contributed by atoms with E-state index >= 15 is 0 Å². The molecule has 102 valence electrons. The summed E-state index contributed by atoms with van der Waals surface area (Å²) in [5.74, 6) is 0.786. The van der Waals surface area contributed by atoms with Crippen molar-refractivity contribution in [1.29, 1.82) is 0 Å². The minimum absolute atomic E-state index is 0.381. The molecule has 0 saturated carbocycles. The number of rotatable bonds is 3. The van der Waals surface area contributed by atoms with E-state index in [-0.39, 0.29) is 6.17 Å². The zero-order chi connectivity index (χ0) is 14.1. The van der Waals surface area contributed by atoms with Gasteiger partial charge in [0.15, 0.2) is 18.3 Å². The monoisotopic (exact) mass is 333 g/mol. The molecular formula is C13H12BrN5O. The number of likely N-dealkylation sites (N-methyl/N-ethyl adjacent to an activating group) is 1. The number of aromatic nitrogens is 3. The molecule has 1 aliphatic heterocycles. The van der Waals surface area contributed by atoms with E-state index in [1.54, 1.807) is 12.4 Å². The van der Waals surface area contributed by atoms with Gasteiger partial charge in [-0.3, -0.25) is 4.79 Å². The van der Waals surface area contributed by atoms with Crippen LogP contribution >= 0.6 is 15.9 Å². The summed E-state index contributed by atoms with van der Waals surface area (Å²) in [5, 5.41) is 7.94. The van der Waals surface area contributed by atoms with Crippen LogP contribution in [0.25, 0.3) is 0 Å². The second kappa shape index (κ2) is 5.16. The molecule has 6 nitrogen and oxygen atoms in total. The first-order valence-electron chi connectivity index (χ1n) is 6.07. The molecule has 1 atom stereocenters. The van der Waals surface area contributed by atoms with Crippen molar-refractivity contribution < 1.29 is 4.79 Å². The molecule has 2 aromatic rings. The smallest absolute Gasteiger partial charge is 0.163 e. The molecule has 0 saturated heterocycles. The number of halogens is 1. The summed E-state index contributed by atoms with van der Waals surface area (Å²) in [6.07, 6.45) is 3.88. The molecule has 0 N–H and O–H groups in total. The lowest BCUT2D eigenvalue weighted by molar-refractivity contribution is -0.108. The minimum atomic E-state index is -0.381. The quantitative estimate of drug-likeness (QED) is 0.795. The summed E-state index contributed by atoms with van der Waals surface area (Å²) in [5.41, 5.74) is 1.71. The Labute approximate surface area is 124 Å². The molecule has 7 heteroatoms. The third kappa shape index (κ3) is 2.14. The highest BCUT2D eigenvalue weighted by Gasteiger charge is 2.34. The van der Waals surface area contributed by atoms with Crippen molar-refractivity contribution >= 4 is 33.7 Å². The first kappa shape index (κ1) is 13.0. The van der Waals surface area contributed by atoms with Gasteiger partial charge >= 0.3 is 0 Å². The van der Waals surface area contributed by atoms with Crippen LogP contribution in [-0.2, 0) is 11.3 Å². The standard InChI is InChI=1S/C13H12BrN5O/c1-18-12(8-20)19(7-10-3-2-4-16-17-10)11-5-9(14)6-15-13(11)18/h2-6,8,12H,7H2,1H3. The van der Waals surface area contributed by atoms with Gasteiger partial charge < -0.3 is 9.80 Å². The molecule has 20 heavy (non-hydrogen) atoms. The predicted molar refractivity (Wildman–Crippen MR) is 78.4 cm³/mol. The molecule has 3 heterocycles. The lowest BCUT2D eigenvalue weighted by Gasteiger charge is -2.25. The zero-order valence-corrected chi connectivity index (χ0v) is 12.4. The van der Waals surface area contributed by atoms with E-state index < -0.39 is 0 Å². The normalized spacial score (nSPS) is 17.2. The fourth-order valence-electron chi connectivity index (χ4n) is 2.32. The molecule has 2 aromatic heterocycles. The van der Waals surface area contributed by atoms with Crippen LogP contribution in [0.4, 0.5) is 11.5 Å². The number of fused-ring (bicyclic) bond motifs is 1. The second-order valence-electron chi connectivity index (χ2n) is 4.50. The third-order valence-corrected chi connectivity index (χ3v) is 3.69.